The van der Waals surface area contributed by atoms with Gasteiger partial charge in [0.1, 0.15) is 12.1 Å². The number of halogens is 1. The summed E-state index contributed by atoms with van der Waals surface area (Å²) in [6, 6.07) is 7.57. The molecule has 10 nitrogen and oxygen atoms in total. The van der Waals surface area contributed by atoms with Gasteiger partial charge in [0.2, 0.25) is 11.9 Å². The van der Waals surface area contributed by atoms with Crippen LogP contribution in [-0.2, 0) is 4.79 Å². The van der Waals surface area contributed by atoms with Crippen molar-refractivity contribution in [1.29, 1.82) is 0 Å². The number of piperazine rings is 1. The summed E-state index contributed by atoms with van der Waals surface area (Å²) in [6.45, 7) is 4.64. The number of nitrogens with two attached hydrogens (primary N) is 1. The van der Waals surface area contributed by atoms with E-state index in [1.807, 2.05) is 30.0 Å². The molecule has 0 unspecified atom stereocenters. The molecule has 4 N–H and O–H groups in total. The van der Waals surface area contributed by atoms with Gasteiger partial charge in [-0.15, -0.1) is 0 Å². The molecule has 31 heavy (non-hydrogen) atoms. The molecule has 0 aliphatic carbocycles. The van der Waals surface area contributed by atoms with Gasteiger partial charge in [-0.3, -0.25) is 9.69 Å². The van der Waals surface area contributed by atoms with Crippen LogP contribution in [0.3, 0.4) is 0 Å². The van der Waals surface area contributed by atoms with Gasteiger partial charge in [0.05, 0.1) is 23.1 Å². The lowest BCUT2D eigenvalue weighted by Crippen LogP contribution is -2.48. The van der Waals surface area contributed by atoms with Crippen molar-refractivity contribution < 1.29 is 9.90 Å². The lowest BCUT2D eigenvalue weighted by Gasteiger charge is -2.36. The van der Waals surface area contributed by atoms with Gasteiger partial charge in [0, 0.05) is 37.1 Å². The summed E-state index contributed by atoms with van der Waals surface area (Å²) in [6.07, 6.45) is 1.36. The van der Waals surface area contributed by atoms with Crippen LogP contribution < -0.4 is 16.0 Å². The Morgan fingerprint density at radius 1 is 1.26 bits per heavy atom. The van der Waals surface area contributed by atoms with E-state index in [0.29, 0.717) is 37.1 Å². The van der Waals surface area contributed by atoms with Gasteiger partial charge in [0.15, 0.2) is 0 Å². The molecule has 1 aromatic carbocycles. The zero-order valence-corrected chi connectivity index (χ0v) is 17.7. The molecule has 1 aliphatic rings. The van der Waals surface area contributed by atoms with Gasteiger partial charge in [-0.25, -0.2) is 15.0 Å². The highest BCUT2D eigenvalue weighted by Gasteiger charge is 2.24. The second kappa shape index (κ2) is 8.86. The summed E-state index contributed by atoms with van der Waals surface area (Å²) in [5, 5.41) is 13.8. The molecule has 11 heteroatoms. The SMILES string of the molecule is C[C@H](Nc1ncnc(N)n1)c1cc2cccc(Cl)c2nc1N1CCN(CC(=O)O)CC1. The molecule has 0 radical (unpaired) electrons. The Hall–Kier alpha value is -3.24. The fraction of sp³-hybridized carbons (Fsp3) is 0.350. The summed E-state index contributed by atoms with van der Waals surface area (Å²) >= 11 is 6.42. The lowest BCUT2D eigenvalue weighted by molar-refractivity contribution is -0.138. The van der Waals surface area contributed by atoms with Crippen molar-refractivity contribution in [2.75, 3.05) is 48.7 Å². The molecule has 1 saturated heterocycles. The fourth-order valence-corrected chi connectivity index (χ4v) is 3.92. The van der Waals surface area contributed by atoms with Crippen molar-refractivity contribution >= 4 is 46.2 Å². The minimum atomic E-state index is -0.820. The summed E-state index contributed by atoms with van der Waals surface area (Å²) < 4.78 is 0. The number of aliphatic carboxylic acids is 1. The van der Waals surface area contributed by atoms with Crippen LogP contribution in [-0.4, -0.2) is 68.6 Å². The number of pyridine rings is 1. The Labute approximate surface area is 184 Å². The van der Waals surface area contributed by atoms with E-state index in [-0.39, 0.29) is 18.5 Å². The molecule has 0 spiro atoms. The maximum absolute atomic E-state index is 11.0. The van der Waals surface area contributed by atoms with Gasteiger partial charge in [-0.1, -0.05) is 23.7 Å². The van der Waals surface area contributed by atoms with Crippen LogP contribution in [0.1, 0.15) is 18.5 Å². The average molecular weight is 443 g/mol. The number of carboxylic acid groups (broad SMARTS) is 1. The van der Waals surface area contributed by atoms with Crippen molar-refractivity contribution in [3.8, 4) is 0 Å². The van der Waals surface area contributed by atoms with E-state index in [4.69, 9.17) is 27.4 Å². The van der Waals surface area contributed by atoms with Crippen LogP contribution in [0.4, 0.5) is 17.7 Å². The molecule has 2 aromatic heterocycles. The Bertz CT molecular complexity index is 1100. The van der Waals surface area contributed by atoms with Crippen LogP contribution in [0.5, 0.6) is 0 Å². The van der Waals surface area contributed by atoms with Gasteiger partial charge in [-0.2, -0.15) is 4.98 Å². The molecule has 1 fully saturated rings. The topological polar surface area (TPSA) is 133 Å². The number of nitrogen functional groups attached to an aromatic ring is 1. The van der Waals surface area contributed by atoms with Gasteiger partial charge >= 0.3 is 5.97 Å². The van der Waals surface area contributed by atoms with Crippen LogP contribution in [0.2, 0.25) is 5.02 Å². The smallest absolute Gasteiger partial charge is 0.317 e. The number of fused-ring (bicyclic) bond motifs is 1. The van der Waals surface area contributed by atoms with Crippen molar-refractivity contribution in [3.05, 3.63) is 41.2 Å². The third-order valence-corrected chi connectivity index (χ3v) is 5.54. The average Bonchev–Trinajstić information content (AvgIpc) is 2.73. The normalized spacial score (nSPS) is 15.7. The summed E-state index contributed by atoms with van der Waals surface area (Å²) in [5.41, 5.74) is 7.36. The number of para-hydroxylation sites is 1. The van der Waals surface area contributed by atoms with E-state index in [1.165, 1.54) is 6.33 Å². The fourth-order valence-electron chi connectivity index (χ4n) is 3.70. The first-order valence-corrected chi connectivity index (χ1v) is 10.3. The lowest BCUT2D eigenvalue weighted by atomic mass is 10.0. The standard InChI is InChI=1S/C20H23ClN8O2/c1-12(25-20-24-11-23-19(22)27-20)14-9-13-3-2-4-15(21)17(13)26-18(14)29-7-5-28(6-8-29)10-16(30)31/h2-4,9,11-12H,5-8,10H2,1H3,(H,30,31)(H3,22,23,24,25,27)/t12-/m0/s1. The largest absolute Gasteiger partial charge is 0.480 e. The van der Waals surface area contributed by atoms with Crippen LogP contribution in [0, 0.1) is 0 Å². The Morgan fingerprint density at radius 2 is 2.03 bits per heavy atom. The van der Waals surface area contributed by atoms with E-state index in [9.17, 15) is 4.79 Å². The molecule has 0 bridgehead atoms. The van der Waals surface area contributed by atoms with Crippen molar-refractivity contribution in [2.24, 2.45) is 0 Å². The highest BCUT2D eigenvalue weighted by atomic mass is 35.5. The number of anilines is 3. The van der Waals surface area contributed by atoms with Crippen LogP contribution in [0.25, 0.3) is 10.9 Å². The minimum absolute atomic E-state index is 0.0381. The van der Waals surface area contributed by atoms with E-state index in [0.717, 1.165) is 22.3 Å². The molecule has 0 saturated carbocycles. The monoisotopic (exact) mass is 442 g/mol. The second-order valence-corrected chi connectivity index (χ2v) is 7.81. The van der Waals surface area contributed by atoms with E-state index >= 15 is 0 Å². The van der Waals surface area contributed by atoms with Crippen LogP contribution in [0.15, 0.2) is 30.6 Å². The van der Waals surface area contributed by atoms with Gasteiger partial charge in [0.25, 0.3) is 0 Å². The summed E-state index contributed by atoms with van der Waals surface area (Å²) in [4.78, 5) is 32.1. The molecule has 3 aromatic rings. The van der Waals surface area contributed by atoms with Crippen molar-refractivity contribution in [2.45, 2.75) is 13.0 Å². The molecular weight excluding hydrogens is 420 g/mol. The molecule has 4 rings (SSSR count). The number of hydrogen-bond acceptors (Lipinski definition) is 9. The first-order chi connectivity index (χ1) is 14.9. The summed E-state index contributed by atoms with van der Waals surface area (Å²) in [7, 11) is 0. The van der Waals surface area contributed by atoms with Crippen molar-refractivity contribution in [1.82, 2.24) is 24.8 Å². The predicted molar refractivity (Wildman–Crippen MR) is 119 cm³/mol. The molecule has 162 valence electrons. The third-order valence-electron chi connectivity index (χ3n) is 5.24. The van der Waals surface area contributed by atoms with Crippen LogP contribution >= 0.6 is 11.6 Å². The number of carboxylic acids is 1. The minimum Gasteiger partial charge on any atom is -0.480 e. The first kappa shape index (κ1) is 21.0. The first-order valence-electron chi connectivity index (χ1n) is 9.90. The number of rotatable bonds is 6. The zero-order chi connectivity index (χ0) is 22.0. The highest BCUT2D eigenvalue weighted by Crippen LogP contribution is 2.33. The number of hydrogen-bond donors (Lipinski definition) is 3. The maximum Gasteiger partial charge on any atom is 0.317 e. The number of carbonyl (C=O) groups is 1. The third kappa shape index (κ3) is 4.75. The van der Waals surface area contributed by atoms with Gasteiger partial charge in [-0.05, 0) is 19.1 Å². The number of benzene rings is 1. The zero-order valence-electron chi connectivity index (χ0n) is 17.0. The van der Waals surface area contributed by atoms with E-state index in [1.54, 1.807) is 0 Å². The maximum atomic E-state index is 11.0. The summed E-state index contributed by atoms with van der Waals surface area (Å²) in [5.74, 6) is 0.503. The Kier molecular flexibility index (Phi) is 6.01. The molecular formula is C20H23ClN8O2. The molecule has 3 heterocycles. The predicted octanol–water partition coefficient (Wildman–Crippen LogP) is 2.04. The number of aromatic nitrogens is 4. The number of nitrogens with one attached hydrogen (secondary N) is 1. The molecule has 1 atom stereocenters. The highest BCUT2D eigenvalue weighted by molar-refractivity contribution is 6.35. The second-order valence-electron chi connectivity index (χ2n) is 7.40. The quantitative estimate of drug-likeness (QED) is 0.520. The number of nitrogens with zero attached hydrogens (tertiary/aromatic N) is 6. The van der Waals surface area contributed by atoms with E-state index in [2.05, 4.69) is 31.2 Å². The Morgan fingerprint density at radius 3 is 2.74 bits per heavy atom. The van der Waals surface area contributed by atoms with E-state index < -0.39 is 5.97 Å². The molecule has 0 amide bonds. The van der Waals surface area contributed by atoms with Gasteiger partial charge < -0.3 is 21.1 Å². The Balaban J connectivity index is 1.67. The van der Waals surface area contributed by atoms with Crippen molar-refractivity contribution in [3.63, 3.8) is 0 Å². The molecule has 1 aliphatic heterocycles.